The van der Waals surface area contributed by atoms with E-state index in [0.29, 0.717) is 11.1 Å². The second kappa shape index (κ2) is 4.93. The van der Waals surface area contributed by atoms with Crippen LogP contribution in [0.2, 0.25) is 0 Å². The number of benzene rings is 1. The maximum atomic E-state index is 13.0. The Hall–Kier alpha value is -0.940. The molecule has 1 aromatic rings. The predicted molar refractivity (Wildman–Crippen MR) is 62.4 cm³/mol. The van der Waals surface area contributed by atoms with E-state index in [2.05, 4.69) is 0 Å². The molecule has 0 aliphatic rings. The van der Waals surface area contributed by atoms with Gasteiger partial charge in [-0.05, 0) is 24.1 Å². The zero-order valence-electron chi connectivity index (χ0n) is 9.40. The summed E-state index contributed by atoms with van der Waals surface area (Å²) in [6.07, 6.45) is 0. The Morgan fingerprint density at radius 1 is 1.44 bits per heavy atom. The van der Waals surface area contributed by atoms with Crippen LogP contribution in [0, 0.1) is 12.7 Å². The zero-order chi connectivity index (χ0) is 12.3. The molecule has 0 fully saturated rings. The van der Waals surface area contributed by atoms with Gasteiger partial charge in [0.05, 0.1) is 5.75 Å². The van der Waals surface area contributed by atoms with Gasteiger partial charge in [-0.15, -0.1) is 0 Å². The molecule has 0 aliphatic carbocycles. The molecule has 0 aliphatic heterocycles. The van der Waals surface area contributed by atoms with Crippen molar-refractivity contribution < 1.29 is 12.8 Å². The Kier molecular flexibility index (Phi) is 4.04. The number of hydrogen-bond acceptors (Lipinski definition) is 3. The molecule has 5 heteroatoms. The van der Waals surface area contributed by atoms with Crippen LogP contribution < -0.4 is 5.73 Å². The number of rotatable bonds is 4. The highest BCUT2D eigenvalue weighted by molar-refractivity contribution is 7.91. The van der Waals surface area contributed by atoms with E-state index in [1.54, 1.807) is 19.9 Å². The summed E-state index contributed by atoms with van der Waals surface area (Å²) in [6, 6.07) is 3.83. The van der Waals surface area contributed by atoms with E-state index in [1.165, 1.54) is 12.1 Å². The summed E-state index contributed by atoms with van der Waals surface area (Å²) in [5.74, 6) is -0.343. The monoisotopic (exact) mass is 245 g/mol. The van der Waals surface area contributed by atoms with Gasteiger partial charge in [-0.2, -0.15) is 0 Å². The highest BCUT2D eigenvalue weighted by Crippen LogP contribution is 2.16. The van der Waals surface area contributed by atoms with Gasteiger partial charge in [0.25, 0.3) is 0 Å². The first-order valence-electron chi connectivity index (χ1n) is 5.08. The van der Waals surface area contributed by atoms with Gasteiger partial charge in [-0.1, -0.05) is 19.1 Å². The Morgan fingerprint density at radius 2 is 2.06 bits per heavy atom. The molecule has 1 atom stereocenters. The first-order valence-corrected chi connectivity index (χ1v) is 6.90. The lowest BCUT2D eigenvalue weighted by Gasteiger charge is -2.12. The van der Waals surface area contributed by atoms with Crippen molar-refractivity contribution in [3.8, 4) is 0 Å². The molecule has 0 bridgehead atoms. The highest BCUT2D eigenvalue weighted by atomic mass is 32.2. The fourth-order valence-corrected chi connectivity index (χ4v) is 2.36. The standard InChI is InChI=1S/C11H16FNO2S/c1-3-16(14,15)7-11(13)9-4-5-10(12)8(2)6-9/h4-6,11H,3,7,13H2,1-2H3. The zero-order valence-corrected chi connectivity index (χ0v) is 10.2. The molecule has 16 heavy (non-hydrogen) atoms. The van der Waals surface area contributed by atoms with Crippen molar-refractivity contribution in [1.82, 2.24) is 0 Å². The first kappa shape index (κ1) is 13.1. The summed E-state index contributed by atoms with van der Waals surface area (Å²) < 4.78 is 35.8. The molecule has 0 spiro atoms. The quantitative estimate of drug-likeness (QED) is 0.876. The molecule has 90 valence electrons. The summed E-state index contributed by atoms with van der Waals surface area (Å²) in [5, 5.41) is 0. The summed E-state index contributed by atoms with van der Waals surface area (Å²) >= 11 is 0. The Morgan fingerprint density at radius 3 is 2.56 bits per heavy atom. The molecular weight excluding hydrogens is 229 g/mol. The van der Waals surface area contributed by atoms with Gasteiger partial charge in [0.1, 0.15) is 5.82 Å². The Labute approximate surface area is 95.4 Å². The third-order valence-electron chi connectivity index (χ3n) is 2.48. The van der Waals surface area contributed by atoms with Crippen molar-refractivity contribution in [2.75, 3.05) is 11.5 Å². The van der Waals surface area contributed by atoms with Crippen LogP contribution in [0.3, 0.4) is 0 Å². The molecule has 2 N–H and O–H groups in total. The molecule has 0 amide bonds. The normalized spacial score (nSPS) is 13.8. The average Bonchev–Trinajstić information content (AvgIpc) is 2.21. The van der Waals surface area contributed by atoms with Crippen LogP contribution in [0.15, 0.2) is 18.2 Å². The minimum absolute atomic E-state index is 0.0703. The van der Waals surface area contributed by atoms with Crippen LogP contribution in [0.1, 0.15) is 24.1 Å². The molecule has 0 saturated heterocycles. The van der Waals surface area contributed by atoms with Crippen LogP contribution in [-0.2, 0) is 9.84 Å². The van der Waals surface area contributed by atoms with Crippen molar-refractivity contribution in [3.05, 3.63) is 35.1 Å². The molecule has 1 unspecified atom stereocenters. The van der Waals surface area contributed by atoms with Crippen LogP contribution >= 0.6 is 0 Å². The van der Waals surface area contributed by atoms with Gasteiger partial charge < -0.3 is 5.73 Å². The molecule has 0 saturated carbocycles. The minimum atomic E-state index is -3.11. The second-order valence-corrected chi connectivity index (χ2v) is 6.21. The number of nitrogens with two attached hydrogens (primary N) is 1. The molecule has 3 nitrogen and oxygen atoms in total. The summed E-state index contributed by atoms with van der Waals surface area (Å²) in [7, 11) is -3.11. The summed E-state index contributed by atoms with van der Waals surface area (Å²) in [4.78, 5) is 0. The number of hydrogen-bond donors (Lipinski definition) is 1. The third kappa shape index (κ3) is 3.28. The van der Waals surface area contributed by atoms with Crippen LogP contribution in [0.25, 0.3) is 0 Å². The molecule has 1 rings (SSSR count). The van der Waals surface area contributed by atoms with Gasteiger partial charge in [-0.3, -0.25) is 0 Å². The van der Waals surface area contributed by atoms with E-state index < -0.39 is 15.9 Å². The van der Waals surface area contributed by atoms with E-state index in [9.17, 15) is 12.8 Å². The van der Waals surface area contributed by atoms with Crippen molar-refractivity contribution in [2.45, 2.75) is 19.9 Å². The lowest BCUT2D eigenvalue weighted by molar-refractivity contribution is 0.589. The van der Waals surface area contributed by atoms with E-state index in [1.807, 2.05) is 0 Å². The van der Waals surface area contributed by atoms with E-state index in [-0.39, 0.29) is 17.3 Å². The maximum absolute atomic E-state index is 13.0. The Balaban J connectivity index is 2.89. The van der Waals surface area contributed by atoms with Crippen LogP contribution in [0.4, 0.5) is 4.39 Å². The molecule has 0 radical (unpaired) electrons. The average molecular weight is 245 g/mol. The van der Waals surface area contributed by atoms with Crippen molar-refractivity contribution >= 4 is 9.84 Å². The Bertz CT molecular complexity index is 471. The molecule has 0 aromatic heterocycles. The summed E-state index contributed by atoms with van der Waals surface area (Å²) in [5.41, 5.74) is 6.90. The van der Waals surface area contributed by atoms with E-state index in [0.717, 1.165) is 0 Å². The first-order chi connectivity index (χ1) is 7.35. The lowest BCUT2D eigenvalue weighted by Crippen LogP contribution is -2.23. The largest absolute Gasteiger partial charge is 0.323 e. The molecule has 0 heterocycles. The smallest absolute Gasteiger partial charge is 0.151 e. The second-order valence-electron chi connectivity index (χ2n) is 3.81. The van der Waals surface area contributed by atoms with Gasteiger partial charge in [0.15, 0.2) is 9.84 Å². The molecular formula is C11H16FNO2S. The van der Waals surface area contributed by atoms with Gasteiger partial charge >= 0.3 is 0 Å². The minimum Gasteiger partial charge on any atom is -0.323 e. The fourth-order valence-electron chi connectivity index (χ4n) is 1.39. The third-order valence-corrected chi connectivity index (χ3v) is 4.23. The van der Waals surface area contributed by atoms with Crippen molar-refractivity contribution in [1.29, 1.82) is 0 Å². The topological polar surface area (TPSA) is 60.2 Å². The number of halogens is 1. The van der Waals surface area contributed by atoms with Crippen LogP contribution in [0.5, 0.6) is 0 Å². The fraction of sp³-hybridized carbons (Fsp3) is 0.455. The van der Waals surface area contributed by atoms with Crippen LogP contribution in [-0.4, -0.2) is 19.9 Å². The molecule has 1 aromatic carbocycles. The SMILES string of the molecule is CCS(=O)(=O)CC(N)c1ccc(F)c(C)c1. The number of aryl methyl sites for hydroxylation is 1. The summed E-state index contributed by atoms with van der Waals surface area (Å²) in [6.45, 7) is 3.21. The van der Waals surface area contributed by atoms with Gasteiger partial charge in [-0.25, -0.2) is 12.8 Å². The maximum Gasteiger partial charge on any atom is 0.151 e. The van der Waals surface area contributed by atoms with Gasteiger partial charge in [0.2, 0.25) is 0 Å². The van der Waals surface area contributed by atoms with E-state index >= 15 is 0 Å². The van der Waals surface area contributed by atoms with E-state index in [4.69, 9.17) is 5.73 Å². The predicted octanol–water partition coefficient (Wildman–Crippen LogP) is 1.57. The van der Waals surface area contributed by atoms with Crippen molar-refractivity contribution in [3.63, 3.8) is 0 Å². The highest BCUT2D eigenvalue weighted by Gasteiger charge is 2.16. The van der Waals surface area contributed by atoms with Gasteiger partial charge in [0, 0.05) is 11.8 Å². The number of sulfone groups is 1. The van der Waals surface area contributed by atoms with Crippen molar-refractivity contribution in [2.24, 2.45) is 5.73 Å². The lowest BCUT2D eigenvalue weighted by atomic mass is 10.1.